The Bertz CT molecular complexity index is 865. The molecule has 1 amide bonds. The van der Waals surface area contributed by atoms with E-state index in [2.05, 4.69) is 10.0 Å². The number of nitrogens with one attached hydrogen (secondary N) is 2. The highest BCUT2D eigenvalue weighted by atomic mass is 32.2. The maximum Gasteiger partial charge on any atom is 0.241 e. The van der Waals surface area contributed by atoms with Crippen molar-refractivity contribution in [2.24, 2.45) is 0 Å². The number of benzene rings is 2. The molecule has 2 aromatic rings. The maximum atomic E-state index is 12.4. The second-order valence-electron chi connectivity index (χ2n) is 5.20. The van der Waals surface area contributed by atoms with Gasteiger partial charge in [-0.15, -0.1) is 0 Å². The molecule has 2 aromatic carbocycles. The molecule has 0 unspecified atom stereocenters. The quantitative estimate of drug-likeness (QED) is 0.783. The van der Waals surface area contributed by atoms with Crippen LogP contribution in [0.3, 0.4) is 0 Å². The van der Waals surface area contributed by atoms with Crippen LogP contribution in [-0.4, -0.2) is 35.1 Å². The maximum absolute atomic E-state index is 12.4. The van der Waals surface area contributed by atoms with E-state index in [1.165, 1.54) is 20.3 Å². The molecule has 134 valence electrons. The highest BCUT2D eigenvalue weighted by Gasteiger charge is 2.18. The van der Waals surface area contributed by atoms with Crippen LogP contribution < -0.4 is 19.5 Å². The number of amides is 1. The first kappa shape index (κ1) is 18.8. The van der Waals surface area contributed by atoms with Gasteiger partial charge in [-0.05, 0) is 42.8 Å². The van der Waals surface area contributed by atoms with Crippen molar-refractivity contribution in [1.29, 1.82) is 0 Å². The van der Waals surface area contributed by atoms with Crippen LogP contribution in [0.15, 0.2) is 47.4 Å². The summed E-state index contributed by atoms with van der Waals surface area (Å²) in [4.78, 5) is 12.1. The zero-order valence-electron chi connectivity index (χ0n) is 14.2. The number of hydrogen-bond donors (Lipinski definition) is 2. The number of carbonyl (C=O) groups is 1. The van der Waals surface area contributed by atoms with E-state index in [1.807, 2.05) is 0 Å². The zero-order valence-corrected chi connectivity index (χ0v) is 15.0. The minimum Gasteiger partial charge on any atom is -0.497 e. The molecule has 0 aliphatic carbocycles. The summed E-state index contributed by atoms with van der Waals surface area (Å²) in [6, 6.07) is 11.5. The Morgan fingerprint density at radius 2 is 1.80 bits per heavy atom. The van der Waals surface area contributed by atoms with Crippen LogP contribution in [-0.2, 0) is 14.8 Å². The Morgan fingerprint density at radius 1 is 1.08 bits per heavy atom. The van der Waals surface area contributed by atoms with E-state index < -0.39 is 22.5 Å². The molecule has 0 bridgehead atoms. The van der Waals surface area contributed by atoms with Crippen molar-refractivity contribution >= 4 is 21.6 Å². The first-order chi connectivity index (χ1) is 11.9. The van der Waals surface area contributed by atoms with Crippen molar-refractivity contribution in [2.45, 2.75) is 11.8 Å². The normalized spacial score (nSPS) is 11.0. The van der Waals surface area contributed by atoms with Crippen LogP contribution in [0.4, 0.5) is 5.69 Å². The summed E-state index contributed by atoms with van der Waals surface area (Å²) in [5, 5.41) is 2.61. The fourth-order valence-corrected chi connectivity index (χ4v) is 3.44. The lowest BCUT2D eigenvalue weighted by molar-refractivity contribution is -0.115. The summed E-state index contributed by atoms with van der Waals surface area (Å²) < 4.78 is 37.2. The van der Waals surface area contributed by atoms with Gasteiger partial charge in [0.1, 0.15) is 11.5 Å². The van der Waals surface area contributed by atoms with Gasteiger partial charge in [0.15, 0.2) is 0 Å². The zero-order chi connectivity index (χ0) is 18.4. The van der Waals surface area contributed by atoms with Crippen molar-refractivity contribution in [1.82, 2.24) is 4.72 Å². The minimum atomic E-state index is -3.82. The third kappa shape index (κ3) is 4.71. The van der Waals surface area contributed by atoms with Crippen LogP contribution in [0.25, 0.3) is 0 Å². The molecule has 0 aliphatic heterocycles. The van der Waals surface area contributed by atoms with Gasteiger partial charge in [-0.3, -0.25) is 4.79 Å². The molecule has 0 radical (unpaired) electrons. The third-order valence-electron chi connectivity index (χ3n) is 3.48. The van der Waals surface area contributed by atoms with Gasteiger partial charge in [0.25, 0.3) is 0 Å². The van der Waals surface area contributed by atoms with Crippen molar-refractivity contribution < 1.29 is 22.7 Å². The fraction of sp³-hybridized carbons (Fsp3) is 0.235. The molecular formula is C17H20N2O5S. The molecule has 0 saturated heterocycles. The lowest BCUT2D eigenvalue weighted by atomic mass is 10.2. The highest BCUT2D eigenvalue weighted by molar-refractivity contribution is 7.89. The van der Waals surface area contributed by atoms with E-state index in [-0.39, 0.29) is 4.90 Å². The Labute approximate surface area is 147 Å². The van der Waals surface area contributed by atoms with Gasteiger partial charge >= 0.3 is 0 Å². The van der Waals surface area contributed by atoms with Crippen molar-refractivity contribution in [3.63, 3.8) is 0 Å². The lowest BCUT2D eigenvalue weighted by Gasteiger charge is -2.12. The SMILES string of the molecule is COc1ccc(S(=O)(=O)NCC(=O)Nc2ccccc2OC)c(C)c1. The van der Waals surface area contributed by atoms with E-state index >= 15 is 0 Å². The second-order valence-corrected chi connectivity index (χ2v) is 6.94. The number of methoxy groups -OCH3 is 2. The largest absolute Gasteiger partial charge is 0.497 e. The van der Waals surface area contributed by atoms with Crippen molar-refractivity contribution in [2.75, 3.05) is 26.1 Å². The summed E-state index contributed by atoms with van der Waals surface area (Å²) >= 11 is 0. The van der Waals surface area contributed by atoms with Crippen molar-refractivity contribution in [3.8, 4) is 11.5 Å². The van der Waals surface area contributed by atoms with Crippen LogP contribution in [0.1, 0.15) is 5.56 Å². The monoisotopic (exact) mass is 364 g/mol. The number of para-hydroxylation sites is 2. The standard InChI is InChI=1S/C17H20N2O5S/c1-12-10-13(23-2)8-9-16(12)25(21,22)18-11-17(20)19-14-6-4-5-7-15(14)24-3/h4-10,18H,11H2,1-3H3,(H,19,20). The first-order valence-electron chi connectivity index (χ1n) is 7.44. The fourth-order valence-electron chi connectivity index (χ4n) is 2.23. The highest BCUT2D eigenvalue weighted by Crippen LogP contribution is 2.23. The van der Waals surface area contributed by atoms with E-state index in [0.717, 1.165) is 0 Å². The smallest absolute Gasteiger partial charge is 0.241 e. The van der Waals surface area contributed by atoms with Gasteiger partial charge in [0.05, 0.1) is 31.3 Å². The molecule has 0 aliphatic rings. The average molecular weight is 364 g/mol. The number of carbonyl (C=O) groups excluding carboxylic acids is 1. The Balaban J connectivity index is 2.05. The summed E-state index contributed by atoms with van der Waals surface area (Å²) in [5.74, 6) is 0.550. The number of ether oxygens (including phenoxy) is 2. The summed E-state index contributed by atoms with van der Waals surface area (Å²) in [6.45, 7) is 1.26. The van der Waals surface area contributed by atoms with Crippen molar-refractivity contribution in [3.05, 3.63) is 48.0 Å². The predicted molar refractivity (Wildman–Crippen MR) is 94.5 cm³/mol. The molecule has 7 nitrogen and oxygen atoms in total. The van der Waals surface area contributed by atoms with Gasteiger partial charge in [-0.25, -0.2) is 13.1 Å². The third-order valence-corrected chi connectivity index (χ3v) is 5.04. The van der Waals surface area contributed by atoms with E-state index in [9.17, 15) is 13.2 Å². The van der Waals surface area contributed by atoms with Gasteiger partial charge in [-0.1, -0.05) is 12.1 Å². The molecule has 8 heteroatoms. The van der Waals surface area contributed by atoms with Gasteiger partial charge in [0, 0.05) is 0 Å². The number of sulfonamides is 1. The summed E-state index contributed by atoms with van der Waals surface area (Å²) in [7, 11) is -0.827. The molecule has 0 spiro atoms. The Hall–Kier alpha value is -2.58. The molecule has 0 saturated carbocycles. The summed E-state index contributed by atoms with van der Waals surface area (Å²) in [6.07, 6.45) is 0. The van der Waals surface area contributed by atoms with Gasteiger partial charge in [-0.2, -0.15) is 0 Å². The number of anilines is 1. The molecule has 0 aromatic heterocycles. The van der Waals surface area contributed by atoms with E-state index in [4.69, 9.17) is 9.47 Å². The van der Waals surface area contributed by atoms with Crippen LogP contribution in [0.5, 0.6) is 11.5 Å². The molecule has 0 heterocycles. The number of rotatable bonds is 7. The van der Waals surface area contributed by atoms with E-state index in [0.29, 0.717) is 22.7 Å². The van der Waals surface area contributed by atoms with Gasteiger partial charge < -0.3 is 14.8 Å². The number of aryl methyl sites for hydroxylation is 1. The second kappa shape index (κ2) is 8.00. The summed E-state index contributed by atoms with van der Waals surface area (Å²) in [5.41, 5.74) is 0.992. The molecule has 25 heavy (non-hydrogen) atoms. The molecule has 2 rings (SSSR count). The minimum absolute atomic E-state index is 0.0957. The van der Waals surface area contributed by atoms with Crippen LogP contribution in [0.2, 0.25) is 0 Å². The average Bonchev–Trinajstić information content (AvgIpc) is 2.60. The Kier molecular flexibility index (Phi) is 6.00. The molecule has 2 N–H and O–H groups in total. The van der Waals surface area contributed by atoms with Crippen LogP contribution >= 0.6 is 0 Å². The topological polar surface area (TPSA) is 93.7 Å². The van der Waals surface area contributed by atoms with Crippen LogP contribution in [0, 0.1) is 6.92 Å². The molecule has 0 atom stereocenters. The predicted octanol–water partition coefficient (Wildman–Crippen LogP) is 1.93. The molecular weight excluding hydrogens is 344 g/mol. The number of hydrogen-bond acceptors (Lipinski definition) is 5. The molecule has 0 fully saturated rings. The Morgan fingerprint density at radius 3 is 2.44 bits per heavy atom. The van der Waals surface area contributed by atoms with E-state index in [1.54, 1.807) is 43.3 Å². The lowest BCUT2D eigenvalue weighted by Crippen LogP contribution is -2.33. The van der Waals surface area contributed by atoms with Gasteiger partial charge in [0.2, 0.25) is 15.9 Å². The first-order valence-corrected chi connectivity index (χ1v) is 8.93.